The van der Waals surface area contributed by atoms with Crippen LogP contribution in [0.4, 0.5) is 0 Å². The van der Waals surface area contributed by atoms with E-state index in [1.807, 2.05) is 18.7 Å². The van der Waals surface area contributed by atoms with Crippen molar-refractivity contribution in [2.75, 3.05) is 20.2 Å². The average molecular weight is 227 g/mol. The van der Waals surface area contributed by atoms with E-state index in [0.717, 1.165) is 19.3 Å². The van der Waals surface area contributed by atoms with Crippen molar-refractivity contribution in [3.63, 3.8) is 0 Å². The first-order chi connectivity index (χ1) is 7.60. The molecule has 0 spiro atoms. The van der Waals surface area contributed by atoms with Gasteiger partial charge in [-0.05, 0) is 19.3 Å². The Bertz CT molecular complexity index is 257. The molecular weight excluding hydrogens is 206 g/mol. The van der Waals surface area contributed by atoms with Crippen LogP contribution >= 0.6 is 0 Å². The van der Waals surface area contributed by atoms with Crippen LogP contribution in [0.5, 0.6) is 0 Å². The van der Waals surface area contributed by atoms with Gasteiger partial charge in [0, 0.05) is 19.0 Å². The molecule has 0 N–H and O–H groups in total. The van der Waals surface area contributed by atoms with Crippen molar-refractivity contribution < 1.29 is 14.3 Å². The standard InChI is InChI=1S/C12H21NO3/c1-4-9(2)11(14)13-7-5-10(6-8-13)12(15)16-3/h9-10H,4-8H2,1-3H3/t9-/m1/s1. The van der Waals surface area contributed by atoms with Gasteiger partial charge in [0.25, 0.3) is 0 Å². The van der Waals surface area contributed by atoms with Crippen molar-refractivity contribution in [3.8, 4) is 0 Å². The highest BCUT2D eigenvalue weighted by Gasteiger charge is 2.29. The summed E-state index contributed by atoms with van der Waals surface area (Å²) in [5, 5.41) is 0. The topological polar surface area (TPSA) is 46.6 Å². The Labute approximate surface area is 96.9 Å². The molecule has 4 heteroatoms. The van der Waals surface area contributed by atoms with E-state index in [-0.39, 0.29) is 23.7 Å². The maximum Gasteiger partial charge on any atom is 0.308 e. The van der Waals surface area contributed by atoms with Crippen molar-refractivity contribution in [1.29, 1.82) is 0 Å². The summed E-state index contributed by atoms with van der Waals surface area (Å²) in [5.74, 6) is 0.141. The second-order valence-corrected chi connectivity index (χ2v) is 4.43. The zero-order valence-corrected chi connectivity index (χ0v) is 10.4. The van der Waals surface area contributed by atoms with Gasteiger partial charge in [0.2, 0.25) is 5.91 Å². The van der Waals surface area contributed by atoms with Gasteiger partial charge in [0.15, 0.2) is 0 Å². The Morgan fingerprint density at radius 3 is 2.38 bits per heavy atom. The van der Waals surface area contributed by atoms with Crippen molar-refractivity contribution in [2.45, 2.75) is 33.1 Å². The normalized spacial score (nSPS) is 19.3. The molecule has 0 radical (unpaired) electrons. The predicted molar refractivity (Wildman–Crippen MR) is 60.8 cm³/mol. The highest BCUT2D eigenvalue weighted by atomic mass is 16.5. The van der Waals surface area contributed by atoms with Crippen LogP contribution in [0, 0.1) is 11.8 Å². The Hall–Kier alpha value is -1.06. The molecule has 0 aromatic carbocycles. The Morgan fingerprint density at radius 1 is 1.38 bits per heavy atom. The van der Waals surface area contributed by atoms with Gasteiger partial charge in [0.05, 0.1) is 13.0 Å². The van der Waals surface area contributed by atoms with E-state index in [2.05, 4.69) is 0 Å². The number of carbonyl (C=O) groups is 2. The number of hydrogen-bond donors (Lipinski definition) is 0. The second-order valence-electron chi connectivity index (χ2n) is 4.43. The number of piperidine rings is 1. The van der Waals surface area contributed by atoms with Gasteiger partial charge in [0.1, 0.15) is 0 Å². The molecule has 92 valence electrons. The lowest BCUT2D eigenvalue weighted by atomic mass is 9.95. The first-order valence-corrected chi connectivity index (χ1v) is 5.96. The van der Waals surface area contributed by atoms with Gasteiger partial charge in [-0.3, -0.25) is 9.59 Å². The third-order valence-corrected chi connectivity index (χ3v) is 3.38. The number of nitrogens with zero attached hydrogens (tertiary/aromatic N) is 1. The average Bonchev–Trinajstić information content (AvgIpc) is 2.36. The molecule has 1 aliphatic heterocycles. The Balaban J connectivity index is 2.43. The quantitative estimate of drug-likeness (QED) is 0.685. The molecule has 1 rings (SSSR count). The lowest BCUT2D eigenvalue weighted by molar-refractivity contribution is -0.149. The maximum atomic E-state index is 11.9. The second kappa shape index (κ2) is 5.87. The van der Waals surface area contributed by atoms with Gasteiger partial charge in [-0.1, -0.05) is 13.8 Å². The minimum Gasteiger partial charge on any atom is -0.469 e. The van der Waals surface area contributed by atoms with Gasteiger partial charge >= 0.3 is 5.97 Å². The molecule has 0 aromatic rings. The third kappa shape index (κ3) is 2.97. The zero-order chi connectivity index (χ0) is 12.1. The minimum atomic E-state index is -0.143. The van der Waals surface area contributed by atoms with E-state index < -0.39 is 0 Å². The van der Waals surface area contributed by atoms with Gasteiger partial charge in [-0.2, -0.15) is 0 Å². The van der Waals surface area contributed by atoms with Crippen molar-refractivity contribution in [2.24, 2.45) is 11.8 Å². The summed E-state index contributed by atoms with van der Waals surface area (Å²) >= 11 is 0. The van der Waals surface area contributed by atoms with Gasteiger partial charge < -0.3 is 9.64 Å². The maximum absolute atomic E-state index is 11.9. The summed E-state index contributed by atoms with van der Waals surface area (Å²) in [6.45, 7) is 5.34. The molecule has 0 aromatic heterocycles. The number of carbonyl (C=O) groups excluding carboxylic acids is 2. The number of hydrogen-bond acceptors (Lipinski definition) is 3. The van der Waals surface area contributed by atoms with Crippen LogP contribution in [0.25, 0.3) is 0 Å². The fourth-order valence-electron chi connectivity index (χ4n) is 1.99. The fraction of sp³-hybridized carbons (Fsp3) is 0.833. The lowest BCUT2D eigenvalue weighted by Crippen LogP contribution is -2.42. The van der Waals surface area contributed by atoms with E-state index in [0.29, 0.717) is 13.1 Å². The first-order valence-electron chi connectivity index (χ1n) is 5.96. The van der Waals surface area contributed by atoms with Crippen LogP contribution in [0.2, 0.25) is 0 Å². The highest BCUT2D eigenvalue weighted by Crippen LogP contribution is 2.20. The Morgan fingerprint density at radius 2 is 1.94 bits per heavy atom. The summed E-state index contributed by atoms with van der Waals surface area (Å²) in [6.07, 6.45) is 2.33. The number of likely N-dealkylation sites (tertiary alicyclic amines) is 1. The van der Waals surface area contributed by atoms with Crippen LogP contribution in [-0.2, 0) is 14.3 Å². The number of rotatable bonds is 3. The Kier molecular flexibility index (Phi) is 4.77. The number of amides is 1. The monoisotopic (exact) mass is 227 g/mol. The van der Waals surface area contributed by atoms with Crippen molar-refractivity contribution in [1.82, 2.24) is 4.90 Å². The predicted octanol–water partition coefficient (Wildman–Crippen LogP) is 1.44. The summed E-state index contributed by atoms with van der Waals surface area (Å²) < 4.78 is 4.71. The summed E-state index contributed by atoms with van der Waals surface area (Å²) in [7, 11) is 1.42. The molecule has 1 fully saturated rings. The molecule has 0 aliphatic carbocycles. The molecule has 1 amide bonds. The molecule has 4 nitrogen and oxygen atoms in total. The smallest absolute Gasteiger partial charge is 0.308 e. The fourth-order valence-corrected chi connectivity index (χ4v) is 1.99. The van der Waals surface area contributed by atoms with Gasteiger partial charge in [-0.15, -0.1) is 0 Å². The zero-order valence-electron chi connectivity index (χ0n) is 10.4. The number of esters is 1. The molecule has 0 saturated carbocycles. The molecule has 1 saturated heterocycles. The van der Waals surface area contributed by atoms with Crippen molar-refractivity contribution in [3.05, 3.63) is 0 Å². The van der Waals surface area contributed by atoms with Crippen LogP contribution in [0.3, 0.4) is 0 Å². The summed E-state index contributed by atoms with van der Waals surface area (Å²) in [5.41, 5.74) is 0. The van der Waals surface area contributed by atoms with E-state index in [1.54, 1.807) is 0 Å². The van der Waals surface area contributed by atoms with E-state index in [1.165, 1.54) is 7.11 Å². The molecule has 0 unspecified atom stereocenters. The van der Waals surface area contributed by atoms with Crippen LogP contribution < -0.4 is 0 Å². The van der Waals surface area contributed by atoms with Crippen LogP contribution in [0.15, 0.2) is 0 Å². The largest absolute Gasteiger partial charge is 0.469 e. The molecule has 1 aliphatic rings. The molecule has 16 heavy (non-hydrogen) atoms. The molecule has 1 atom stereocenters. The first kappa shape index (κ1) is 13.0. The lowest BCUT2D eigenvalue weighted by Gasteiger charge is -2.32. The van der Waals surface area contributed by atoms with E-state index in [9.17, 15) is 9.59 Å². The number of methoxy groups -OCH3 is 1. The van der Waals surface area contributed by atoms with E-state index >= 15 is 0 Å². The molecule has 0 bridgehead atoms. The van der Waals surface area contributed by atoms with Crippen molar-refractivity contribution >= 4 is 11.9 Å². The van der Waals surface area contributed by atoms with Crippen LogP contribution in [-0.4, -0.2) is 37.0 Å². The SMILES string of the molecule is CC[C@@H](C)C(=O)N1CCC(C(=O)OC)CC1. The molecular formula is C12H21NO3. The summed E-state index contributed by atoms with van der Waals surface area (Å²) in [4.78, 5) is 25.1. The number of ether oxygens (including phenoxy) is 1. The van der Waals surface area contributed by atoms with Crippen LogP contribution in [0.1, 0.15) is 33.1 Å². The third-order valence-electron chi connectivity index (χ3n) is 3.38. The van der Waals surface area contributed by atoms with Gasteiger partial charge in [-0.25, -0.2) is 0 Å². The minimum absolute atomic E-state index is 0.0222. The summed E-state index contributed by atoms with van der Waals surface area (Å²) in [6, 6.07) is 0. The molecule has 1 heterocycles. The van der Waals surface area contributed by atoms with E-state index in [4.69, 9.17) is 4.74 Å². The highest BCUT2D eigenvalue weighted by molar-refractivity contribution is 5.79.